The van der Waals surface area contributed by atoms with Gasteiger partial charge in [-0.1, -0.05) is 30.3 Å². The fraction of sp³-hybridized carbons (Fsp3) is 0.385. The van der Waals surface area contributed by atoms with E-state index in [0.717, 1.165) is 55.3 Å². The van der Waals surface area contributed by atoms with Gasteiger partial charge in [-0.25, -0.2) is 15.0 Å². The maximum atomic E-state index is 5.93. The fourth-order valence-corrected chi connectivity index (χ4v) is 4.62. The number of benzene rings is 2. The molecule has 5 rings (SSSR count). The van der Waals surface area contributed by atoms with E-state index in [4.69, 9.17) is 9.57 Å². The Kier molecular flexibility index (Phi) is 6.78. The van der Waals surface area contributed by atoms with Crippen LogP contribution in [0.1, 0.15) is 30.9 Å². The highest BCUT2D eigenvalue weighted by Gasteiger charge is 2.29. The molecule has 8 heteroatoms. The smallest absolute Gasteiger partial charge is 0.158 e. The zero-order valence-corrected chi connectivity index (χ0v) is 19.8. The minimum Gasteiger partial charge on any atom is -0.494 e. The molecule has 1 unspecified atom stereocenters. The first-order valence-electron chi connectivity index (χ1n) is 11.9. The highest BCUT2D eigenvalue weighted by Crippen LogP contribution is 2.35. The number of rotatable bonds is 7. The summed E-state index contributed by atoms with van der Waals surface area (Å²) < 4.78 is 5.68. The standard InChI is InChI=1S/C26H32N6O2/c1-31-13-10-20(11-14-31)29-21-8-9-22(24(16-21)33-2)30-25-17-26(28-18-27-25)32-23(12-15-34-32)19-6-4-3-5-7-19/h3-9,16-18,20,23,29H,10-15H2,1-2H3,(H,27,28,30). The third-order valence-electron chi connectivity index (χ3n) is 6.52. The van der Waals surface area contributed by atoms with Gasteiger partial charge in [-0.2, -0.15) is 0 Å². The Bertz CT molecular complexity index is 1090. The number of nitrogens with one attached hydrogen (secondary N) is 2. The summed E-state index contributed by atoms with van der Waals surface area (Å²) in [6.45, 7) is 2.90. The number of anilines is 4. The number of hydroxylamine groups is 1. The van der Waals surface area contributed by atoms with Crippen molar-refractivity contribution in [2.75, 3.05) is 49.6 Å². The number of likely N-dealkylation sites (tertiary alicyclic amines) is 1. The summed E-state index contributed by atoms with van der Waals surface area (Å²) in [6.07, 6.45) is 4.76. The van der Waals surface area contributed by atoms with E-state index in [-0.39, 0.29) is 6.04 Å². The van der Waals surface area contributed by atoms with Crippen molar-refractivity contribution in [1.29, 1.82) is 0 Å². The second-order valence-corrected chi connectivity index (χ2v) is 8.90. The second-order valence-electron chi connectivity index (χ2n) is 8.90. The lowest BCUT2D eigenvalue weighted by Crippen LogP contribution is -2.36. The molecule has 0 aliphatic carbocycles. The molecule has 8 nitrogen and oxygen atoms in total. The third kappa shape index (κ3) is 5.08. The van der Waals surface area contributed by atoms with Crippen molar-refractivity contribution in [3.05, 3.63) is 66.5 Å². The Balaban J connectivity index is 1.30. The van der Waals surface area contributed by atoms with Gasteiger partial charge in [0.15, 0.2) is 5.82 Å². The highest BCUT2D eigenvalue weighted by molar-refractivity contribution is 5.69. The molecule has 178 valence electrons. The van der Waals surface area contributed by atoms with Gasteiger partial charge >= 0.3 is 0 Å². The maximum absolute atomic E-state index is 5.93. The predicted octanol–water partition coefficient (Wildman–Crippen LogP) is 4.62. The van der Waals surface area contributed by atoms with Crippen LogP contribution in [0.4, 0.5) is 23.0 Å². The molecule has 0 saturated carbocycles. The first kappa shape index (κ1) is 22.4. The lowest BCUT2D eigenvalue weighted by atomic mass is 10.0. The predicted molar refractivity (Wildman–Crippen MR) is 135 cm³/mol. The number of methoxy groups -OCH3 is 1. The first-order valence-corrected chi connectivity index (χ1v) is 11.9. The maximum Gasteiger partial charge on any atom is 0.158 e. The average Bonchev–Trinajstić information content (AvgIpc) is 3.37. The van der Waals surface area contributed by atoms with Gasteiger partial charge < -0.3 is 20.3 Å². The van der Waals surface area contributed by atoms with Crippen molar-refractivity contribution in [2.24, 2.45) is 0 Å². The number of nitrogens with zero attached hydrogens (tertiary/aromatic N) is 4. The summed E-state index contributed by atoms with van der Waals surface area (Å²) in [5, 5.41) is 8.92. The summed E-state index contributed by atoms with van der Waals surface area (Å²) in [4.78, 5) is 17.2. The highest BCUT2D eigenvalue weighted by atomic mass is 16.7. The molecule has 2 aromatic carbocycles. The minimum absolute atomic E-state index is 0.128. The molecule has 0 amide bonds. The molecule has 1 aromatic heterocycles. The van der Waals surface area contributed by atoms with Crippen LogP contribution in [0.3, 0.4) is 0 Å². The topological polar surface area (TPSA) is 74.8 Å². The number of hydrogen-bond donors (Lipinski definition) is 2. The molecule has 2 N–H and O–H groups in total. The van der Waals surface area contributed by atoms with Crippen LogP contribution in [0.2, 0.25) is 0 Å². The number of ether oxygens (including phenoxy) is 1. The van der Waals surface area contributed by atoms with E-state index in [2.05, 4.69) is 62.9 Å². The van der Waals surface area contributed by atoms with Crippen molar-refractivity contribution < 1.29 is 9.57 Å². The molecule has 0 spiro atoms. The summed E-state index contributed by atoms with van der Waals surface area (Å²) in [5.74, 6) is 2.17. The number of hydrogen-bond acceptors (Lipinski definition) is 8. The molecule has 3 aromatic rings. The van der Waals surface area contributed by atoms with Crippen LogP contribution in [0.15, 0.2) is 60.9 Å². The summed E-state index contributed by atoms with van der Waals surface area (Å²) in [7, 11) is 3.86. The van der Waals surface area contributed by atoms with E-state index >= 15 is 0 Å². The Hall–Kier alpha value is -3.36. The van der Waals surface area contributed by atoms with Crippen LogP contribution >= 0.6 is 0 Å². The quantitative estimate of drug-likeness (QED) is 0.529. The monoisotopic (exact) mass is 460 g/mol. The van der Waals surface area contributed by atoms with Crippen LogP contribution in [0, 0.1) is 0 Å². The molecule has 2 aliphatic rings. The van der Waals surface area contributed by atoms with E-state index in [9.17, 15) is 0 Å². The van der Waals surface area contributed by atoms with Crippen molar-refractivity contribution in [3.63, 3.8) is 0 Å². The normalized spacial score (nSPS) is 19.2. The molecular weight excluding hydrogens is 428 g/mol. The molecule has 2 fully saturated rings. The second kappa shape index (κ2) is 10.3. The van der Waals surface area contributed by atoms with Crippen molar-refractivity contribution in [3.8, 4) is 5.75 Å². The van der Waals surface area contributed by atoms with E-state index < -0.39 is 0 Å². The van der Waals surface area contributed by atoms with Crippen LogP contribution in [-0.2, 0) is 4.84 Å². The van der Waals surface area contributed by atoms with E-state index in [0.29, 0.717) is 18.5 Å². The summed E-state index contributed by atoms with van der Waals surface area (Å²) in [5.41, 5.74) is 3.13. The number of aromatic nitrogens is 2. The van der Waals surface area contributed by atoms with Gasteiger partial charge in [-0.15, -0.1) is 0 Å². The SMILES string of the molecule is COc1cc(NC2CCN(C)CC2)ccc1Nc1cc(N2OCCC2c2ccccc2)ncn1. The van der Waals surface area contributed by atoms with E-state index in [1.807, 2.05) is 29.3 Å². The zero-order valence-electron chi connectivity index (χ0n) is 19.8. The van der Waals surface area contributed by atoms with Crippen LogP contribution < -0.4 is 20.4 Å². The van der Waals surface area contributed by atoms with Gasteiger partial charge in [0, 0.05) is 30.3 Å². The summed E-state index contributed by atoms with van der Waals surface area (Å²) in [6, 6.07) is 19.0. The number of piperidine rings is 1. The minimum atomic E-state index is 0.128. The van der Waals surface area contributed by atoms with Gasteiger partial charge in [0.25, 0.3) is 0 Å². The molecule has 2 aliphatic heterocycles. The lowest BCUT2D eigenvalue weighted by molar-refractivity contribution is 0.157. The molecular formula is C26H32N6O2. The van der Waals surface area contributed by atoms with Gasteiger partial charge in [0.05, 0.1) is 25.4 Å². The Morgan fingerprint density at radius 1 is 1.00 bits per heavy atom. The van der Waals surface area contributed by atoms with E-state index in [1.165, 1.54) is 5.56 Å². The molecule has 3 heterocycles. The Labute approximate surface area is 200 Å². The van der Waals surface area contributed by atoms with Crippen molar-refractivity contribution in [2.45, 2.75) is 31.3 Å². The fourth-order valence-electron chi connectivity index (χ4n) is 4.62. The molecule has 34 heavy (non-hydrogen) atoms. The van der Waals surface area contributed by atoms with Gasteiger partial charge in [0.2, 0.25) is 0 Å². The van der Waals surface area contributed by atoms with Crippen molar-refractivity contribution in [1.82, 2.24) is 14.9 Å². The van der Waals surface area contributed by atoms with Gasteiger partial charge in [-0.3, -0.25) is 4.84 Å². The zero-order chi connectivity index (χ0) is 23.3. The average molecular weight is 461 g/mol. The Morgan fingerprint density at radius 3 is 2.62 bits per heavy atom. The first-order chi connectivity index (χ1) is 16.7. The van der Waals surface area contributed by atoms with Crippen LogP contribution in [-0.4, -0.2) is 54.8 Å². The van der Waals surface area contributed by atoms with E-state index in [1.54, 1.807) is 13.4 Å². The summed E-state index contributed by atoms with van der Waals surface area (Å²) >= 11 is 0. The van der Waals surface area contributed by atoms with Gasteiger partial charge in [-0.05, 0) is 50.7 Å². The lowest BCUT2D eigenvalue weighted by Gasteiger charge is -2.30. The van der Waals surface area contributed by atoms with Crippen molar-refractivity contribution >= 4 is 23.0 Å². The Morgan fingerprint density at radius 2 is 1.82 bits per heavy atom. The molecule has 1 atom stereocenters. The molecule has 0 bridgehead atoms. The van der Waals surface area contributed by atoms with Crippen LogP contribution in [0.25, 0.3) is 0 Å². The molecule has 2 saturated heterocycles. The molecule has 0 radical (unpaired) electrons. The van der Waals surface area contributed by atoms with Gasteiger partial charge in [0.1, 0.15) is 17.9 Å². The van der Waals surface area contributed by atoms with Crippen LogP contribution in [0.5, 0.6) is 5.75 Å². The third-order valence-corrected chi connectivity index (χ3v) is 6.52. The largest absolute Gasteiger partial charge is 0.494 e.